The topological polar surface area (TPSA) is 41.0 Å². The Morgan fingerprint density at radius 3 is 2.29 bits per heavy atom. The summed E-state index contributed by atoms with van der Waals surface area (Å²) in [5, 5.41) is 3.28. The molecule has 1 heterocycles. The van der Waals surface area contributed by atoms with Gasteiger partial charge in [0.25, 0.3) is 0 Å². The van der Waals surface area contributed by atoms with E-state index in [0.717, 1.165) is 29.4 Å². The highest BCUT2D eigenvalue weighted by atomic mass is 15.1. The first-order chi connectivity index (χ1) is 10.0. The first kappa shape index (κ1) is 15.3. The van der Waals surface area contributed by atoms with Gasteiger partial charge in [-0.15, -0.1) is 0 Å². The summed E-state index contributed by atoms with van der Waals surface area (Å²) in [7, 11) is 4.08. The van der Waals surface area contributed by atoms with Crippen molar-refractivity contribution in [2.45, 2.75) is 26.7 Å². The molecule has 0 aliphatic heterocycles. The third kappa shape index (κ3) is 3.72. The lowest BCUT2D eigenvalue weighted by atomic mass is 10.1. The van der Waals surface area contributed by atoms with Gasteiger partial charge in [-0.1, -0.05) is 26.0 Å². The summed E-state index contributed by atoms with van der Waals surface area (Å²) in [6, 6.07) is 10.5. The molecule has 1 aromatic heterocycles. The zero-order valence-electron chi connectivity index (χ0n) is 13.5. The zero-order chi connectivity index (χ0) is 15.4. The van der Waals surface area contributed by atoms with E-state index in [0.29, 0.717) is 5.92 Å². The van der Waals surface area contributed by atoms with Crippen LogP contribution in [-0.2, 0) is 0 Å². The average molecular weight is 284 g/mol. The average Bonchev–Trinajstić information content (AvgIpc) is 2.47. The van der Waals surface area contributed by atoms with Crippen LogP contribution in [0, 0.1) is 0 Å². The van der Waals surface area contributed by atoms with Crippen molar-refractivity contribution in [3.05, 3.63) is 36.2 Å². The first-order valence-electron chi connectivity index (χ1n) is 7.42. The number of nitrogens with zero attached hydrogens (tertiary/aromatic N) is 3. The van der Waals surface area contributed by atoms with E-state index in [1.165, 1.54) is 5.69 Å². The van der Waals surface area contributed by atoms with Gasteiger partial charge in [0.2, 0.25) is 0 Å². The maximum absolute atomic E-state index is 4.70. The highest BCUT2D eigenvalue weighted by molar-refractivity contribution is 5.65. The predicted molar refractivity (Wildman–Crippen MR) is 90.0 cm³/mol. The predicted octanol–water partition coefficient (Wildman–Crippen LogP) is 3.76. The molecule has 4 heteroatoms. The summed E-state index contributed by atoms with van der Waals surface area (Å²) >= 11 is 0. The molecule has 0 aliphatic rings. The fourth-order valence-electron chi connectivity index (χ4n) is 2.07. The molecule has 0 saturated carbocycles. The minimum absolute atomic E-state index is 0.309. The normalized spacial score (nSPS) is 10.8. The van der Waals surface area contributed by atoms with Gasteiger partial charge in [-0.2, -0.15) is 0 Å². The second-order valence-corrected chi connectivity index (χ2v) is 5.62. The van der Waals surface area contributed by atoms with Gasteiger partial charge in [-0.25, -0.2) is 9.97 Å². The molecule has 112 valence electrons. The molecule has 0 saturated heterocycles. The quantitative estimate of drug-likeness (QED) is 0.907. The fraction of sp³-hybridized carbons (Fsp3) is 0.412. The summed E-state index contributed by atoms with van der Waals surface area (Å²) in [5.74, 6) is 2.08. The Balaban J connectivity index is 2.41. The Labute approximate surface area is 127 Å². The van der Waals surface area contributed by atoms with Crippen LogP contribution in [0.1, 0.15) is 32.5 Å². The summed E-state index contributed by atoms with van der Waals surface area (Å²) in [6.45, 7) is 7.16. The van der Waals surface area contributed by atoms with Crippen molar-refractivity contribution in [3.8, 4) is 11.3 Å². The number of hydrogen-bond acceptors (Lipinski definition) is 4. The summed E-state index contributed by atoms with van der Waals surface area (Å²) < 4.78 is 0. The summed E-state index contributed by atoms with van der Waals surface area (Å²) in [5.41, 5.74) is 3.27. The number of anilines is 2. The molecule has 0 radical (unpaired) electrons. The van der Waals surface area contributed by atoms with E-state index >= 15 is 0 Å². The molecule has 0 fully saturated rings. The molecule has 0 unspecified atom stereocenters. The van der Waals surface area contributed by atoms with Crippen molar-refractivity contribution in [1.82, 2.24) is 9.97 Å². The highest BCUT2D eigenvalue weighted by Gasteiger charge is 2.09. The lowest BCUT2D eigenvalue weighted by Gasteiger charge is -2.14. The standard InChI is InChI=1S/C17H24N4/c1-6-18-16-11-15(19-17(20-16)12(2)3)13-7-9-14(10-8-13)21(4)5/h7-12H,6H2,1-5H3,(H,18,19,20). The molecule has 2 aromatic rings. The molecule has 21 heavy (non-hydrogen) atoms. The minimum atomic E-state index is 0.309. The van der Waals surface area contributed by atoms with Gasteiger partial charge in [0.15, 0.2) is 0 Å². The van der Waals surface area contributed by atoms with Crippen molar-refractivity contribution in [3.63, 3.8) is 0 Å². The third-order valence-electron chi connectivity index (χ3n) is 3.30. The molecular weight excluding hydrogens is 260 g/mol. The van der Waals surface area contributed by atoms with Gasteiger partial charge in [0, 0.05) is 43.9 Å². The van der Waals surface area contributed by atoms with Crippen LogP contribution < -0.4 is 10.2 Å². The maximum Gasteiger partial charge on any atom is 0.133 e. The summed E-state index contributed by atoms with van der Waals surface area (Å²) in [6.07, 6.45) is 0. The fourth-order valence-corrected chi connectivity index (χ4v) is 2.07. The number of benzene rings is 1. The van der Waals surface area contributed by atoms with Crippen LogP contribution in [0.5, 0.6) is 0 Å². The largest absolute Gasteiger partial charge is 0.378 e. The Bertz CT molecular complexity index is 588. The van der Waals surface area contributed by atoms with Crippen molar-refractivity contribution in [2.24, 2.45) is 0 Å². The van der Waals surface area contributed by atoms with E-state index in [4.69, 9.17) is 4.98 Å². The van der Waals surface area contributed by atoms with Crippen LogP contribution in [0.25, 0.3) is 11.3 Å². The lowest BCUT2D eigenvalue weighted by molar-refractivity contribution is 0.776. The highest BCUT2D eigenvalue weighted by Crippen LogP contribution is 2.24. The van der Waals surface area contributed by atoms with E-state index in [1.807, 2.05) is 20.2 Å². The smallest absolute Gasteiger partial charge is 0.133 e. The van der Waals surface area contributed by atoms with Crippen LogP contribution in [0.3, 0.4) is 0 Å². The molecule has 0 spiro atoms. The zero-order valence-corrected chi connectivity index (χ0v) is 13.5. The van der Waals surface area contributed by atoms with E-state index in [9.17, 15) is 0 Å². The molecular formula is C17H24N4. The van der Waals surface area contributed by atoms with Crippen LogP contribution in [0.4, 0.5) is 11.5 Å². The van der Waals surface area contributed by atoms with Crippen molar-refractivity contribution < 1.29 is 0 Å². The third-order valence-corrected chi connectivity index (χ3v) is 3.30. The van der Waals surface area contributed by atoms with Gasteiger partial charge in [0.05, 0.1) is 5.69 Å². The molecule has 4 nitrogen and oxygen atoms in total. The maximum atomic E-state index is 4.70. The van der Waals surface area contributed by atoms with Crippen molar-refractivity contribution in [1.29, 1.82) is 0 Å². The SMILES string of the molecule is CCNc1cc(-c2ccc(N(C)C)cc2)nc(C(C)C)n1. The van der Waals surface area contributed by atoms with Crippen molar-refractivity contribution in [2.75, 3.05) is 30.9 Å². The van der Waals surface area contributed by atoms with Gasteiger partial charge in [0.1, 0.15) is 11.6 Å². The Kier molecular flexibility index (Phi) is 4.78. The number of nitrogens with one attached hydrogen (secondary N) is 1. The van der Waals surface area contributed by atoms with Gasteiger partial charge >= 0.3 is 0 Å². The molecule has 1 N–H and O–H groups in total. The van der Waals surface area contributed by atoms with Crippen LogP contribution in [-0.4, -0.2) is 30.6 Å². The van der Waals surface area contributed by atoms with E-state index in [2.05, 4.69) is 60.2 Å². The molecule has 0 bridgehead atoms. The molecule has 0 aliphatic carbocycles. The van der Waals surface area contributed by atoms with Crippen LogP contribution >= 0.6 is 0 Å². The molecule has 0 amide bonds. The molecule has 0 atom stereocenters. The second-order valence-electron chi connectivity index (χ2n) is 5.62. The number of hydrogen-bond donors (Lipinski definition) is 1. The Morgan fingerprint density at radius 2 is 1.76 bits per heavy atom. The van der Waals surface area contributed by atoms with Gasteiger partial charge in [-0.3, -0.25) is 0 Å². The monoisotopic (exact) mass is 284 g/mol. The Hall–Kier alpha value is -2.10. The molecule has 2 rings (SSSR count). The second kappa shape index (κ2) is 6.57. The Morgan fingerprint density at radius 1 is 1.10 bits per heavy atom. The van der Waals surface area contributed by atoms with Gasteiger partial charge in [-0.05, 0) is 19.1 Å². The number of aromatic nitrogens is 2. The minimum Gasteiger partial charge on any atom is -0.378 e. The van der Waals surface area contributed by atoms with Crippen LogP contribution in [0.15, 0.2) is 30.3 Å². The first-order valence-corrected chi connectivity index (χ1v) is 7.42. The number of rotatable bonds is 5. The van der Waals surface area contributed by atoms with E-state index < -0.39 is 0 Å². The van der Waals surface area contributed by atoms with E-state index in [-0.39, 0.29) is 0 Å². The summed E-state index contributed by atoms with van der Waals surface area (Å²) in [4.78, 5) is 11.3. The van der Waals surface area contributed by atoms with E-state index in [1.54, 1.807) is 0 Å². The molecule has 1 aromatic carbocycles. The van der Waals surface area contributed by atoms with Crippen molar-refractivity contribution >= 4 is 11.5 Å². The van der Waals surface area contributed by atoms with Gasteiger partial charge < -0.3 is 10.2 Å². The lowest BCUT2D eigenvalue weighted by Crippen LogP contribution is -2.08. The van der Waals surface area contributed by atoms with Crippen LogP contribution in [0.2, 0.25) is 0 Å².